The second kappa shape index (κ2) is 9.78. The number of hydrogen-bond donors (Lipinski definition) is 0. The number of aryl methyl sites for hydroxylation is 1. The van der Waals surface area contributed by atoms with Crippen LogP contribution in [-0.4, -0.2) is 37.4 Å². The molecule has 0 saturated heterocycles. The van der Waals surface area contributed by atoms with E-state index in [1.54, 1.807) is 0 Å². The smallest absolute Gasteiger partial charge is 0.353 e. The van der Waals surface area contributed by atoms with Crippen LogP contribution in [-0.2, 0) is 24.2 Å². The lowest BCUT2D eigenvalue weighted by molar-refractivity contribution is -0.142. The van der Waals surface area contributed by atoms with Gasteiger partial charge in [-0.1, -0.05) is 54.6 Å². The molecule has 186 valence electrons. The van der Waals surface area contributed by atoms with Gasteiger partial charge in [-0.2, -0.15) is 0 Å². The van der Waals surface area contributed by atoms with Crippen molar-refractivity contribution in [3.05, 3.63) is 60.2 Å². The van der Waals surface area contributed by atoms with E-state index in [1.165, 1.54) is 37.9 Å². The first-order valence-electron chi connectivity index (χ1n) is 12.6. The first-order chi connectivity index (χ1) is 16.3. The molecule has 0 aliphatic heterocycles. The Morgan fingerprint density at radius 2 is 1.26 bits per heavy atom. The molecule has 0 radical (unpaired) electrons. The minimum absolute atomic E-state index is 0.167. The van der Waals surface area contributed by atoms with Gasteiger partial charge in [0.05, 0.1) is 0 Å². The minimum atomic E-state index is -2.58. The van der Waals surface area contributed by atoms with Crippen molar-refractivity contribution in [2.24, 2.45) is 0 Å². The molecule has 4 aromatic carbocycles. The Labute approximate surface area is 212 Å². The highest BCUT2D eigenvalue weighted by atomic mass is 28.5. The highest BCUT2D eigenvalue weighted by molar-refractivity contribution is 6.87. The lowest BCUT2D eigenvalue weighted by atomic mass is 9.90. The highest BCUT2D eigenvalue weighted by Gasteiger charge is 2.41. The van der Waals surface area contributed by atoms with Gasteiger partial charge in [0.25, 0.3) is 0 Å². The van der Waals surface area contributed by atoms with E-state index < -0.39 is 25.2 Å². The Hall–Kier alpha value is -2.04. The van der Waals surface area contributed by atoms with Gasteiger partial charge in [0.2, 0.25) is 0 Å². The van der Waals surface area contributed by atoms with Crippen molar-refractivity contribution >= 4 is 63.5 Å². The van der Waals surface area contributed by atoms with E-state index in [2.05, 4.69) is 93.9 Å². The molecule has 4 nitrogen and oxygen atoms in total. The van der Waals surface area contributed by atoms with Crippen molar-refractivity contribution in [2.75, 3.05) is 6.23 Å². The van der Waals surface area contributed by atoms with Crippen molar-refractivity contribution in [1.29, 1.82) is 0 Å². The van der Waals surface area contributed by atoms with Gasteiger partial charge in [-0.25, -0.2) is 0 Å². The first kappa shape index (κ1) is 26.0. The van der Waals surface area contributed by atoms with E-state index in [9.17, 15) is 4.79 Å². The highest BCUT2D eigenvalue weighted by Crippen LogP contribution is 2.36. The predicted molar refractivity (Wildman–Crippen MR) is 155 cm³/mol. The molecule has 0 aliphatic carbocycles. The molecule has 4 rings (SSSR count). The summed E-state index contributed by atoms with van der Waals surface area (Å²) in [4.78, 5) is 12.7. The molecule has 0 N–H and O–H groups in total. The third kappa shape index (κ3) is 6.40. The van der Waals surface area contributed by atoms with Crippen LogP contribution in [0.5, 0.6) is 0 Å². The predicted octanol–water partition coefficient (Wildman–Crippen LogP) is 7.76. The molecule has 0 amide bonds. The van der Waals surface area contributed by atoms with Crippen molar-refractivity contribution in [1.82, 2.24) is 0 Å². The molecular formula is C28H38O4Si3. The molecule has 0 bridgehead atoms. The van der Waals surface area contributed by atoms with Crippen LogP contribution in [0.2, 0.25) is 45.8 Å². The van der Waals surface area contributed by atoms with Gasteiger partial charge in [-0.05, 0) is 96.6 Å². The second-order valence-electron chi connectivity index (χ2n) is 11.7. The number of benzene rings is 4. The fourth-order valence-electron chi connectivity index (χ4n) is 5.10. The Morgan fingerprint density at radius 1 is 0.714 bits per heavy atom. The third-order valence-electron chi connectivity index (χ3n) is 5.99. The Morgan fingerprint density at radius 3 is 1.86 bits per heavy atom. The first-order valence-corrected chi connectivity index (χ1v) is 21.9. The number of hydrogen-bond acceptors (Lipinski definition) is 4. The number of carbonyl (C=O) groups excluding carboxylic acids is 1. The van der Waals surface area contributed by atoms with Crippen molar-refractivity contribution in [3.8, 4) is 0 Å². The fraction of sp³-hybridized carbons (Fsp3) is 0.393. The molecule has 0 fully saturated rings. The quantitative estimate of drug-likeness (QED) is 0.121. The molecular weight excluding hydrogens is 485 g/mol. The molecule has 7 heteroatoms. The van der Waals surface area contributed by atoms with Gasteiger partial charge in [0.1, 0.15) is 6.23 Å². The summed E-state index contributed by atoms with van der Waals surface area (Å²) in [5.74, 6) is -0.167. The van der Waals surface area contributed by atoms with Gasteiger partial charge >= 0.3 is 14.5 Å². The molecule has 0 unspecified atom stereocenters. The van der Waals surface area contributed by atoms with Crippen LogP contribution in [0.15, 0.2) is 54.6 Å². The maximum atomic E-state index is 12.7. The van der Waals surface area contributed by atoms with Gasteiger partial charge < -0.3 is 13.0 Å². The molecule has 0 saturated carbocycles. The summed E-state index contributed by atoms with van der Waals surface area (Å²) in [7, 11) is -6.22. The van der Waals surface area contributed by atoms with Crippen LogP contribution in [0.25, 0.3) is 32.3 Å². The van der Waals surface area contributed by atoms with Gasteiger partial charge in [-0.3, -0.25) is 4.79 Å². The summed E-state index contributed by atoms with van der Waals surface area (Å²) in [6.07, 6.45) is 2.26. The van der Waals surface area contributed by atoms with Crippen molar-refractivity contribution in [2.45, 2.75) is 65.1 Å². The summed E-state index contributed by atoms with van der Waals surface area (Å²) >= 11 is 0. The summed E-state index contributed by atoms with van der Waals surface area (Å²) in [6, 6.07) is 19.7. The molecule has 0 atom stereocenters. The lowest BCUT2D eigenvalue weighted by Gasteiger charge is -2.37. The average molecular weight is 523 g/mol. The normalized spacial score (nSPS) is 13.2. The van der Waals surface area contributed by atoms with E-state index in [4.69, 9.17) is 13.0 Å². The Bertz CT molecular complexity index is 1310. The minimum Gasteiger partial charge on any atom is -0.464 e. The summed E-state index contributed by atoms with van der Waals surface area (Å²) in [6.45, 7) is 15.0. The molecule has 0 heterocycles. The van der Waals surface area contributed by atoms with Gasteiger partial charge in [0, 0.05) is 6.42 Å². The molecule has 4 aromatic rings. The second-order valence-corrected chi connectivity index (χ2v) is 24.3. The van der Waals surface area contributed by atoms with Crippen molar-refractivity contribution in [3.63, 3.8) is 0 Å². The van der Waals surface area contributed by atoms with E-state index in [0.29, 0.717) is 6.42 Å². The van der Waals surface area contributed by atoms with E-state index in [-0.39, 0.29) is 12.2 Å². The fourth-order valence-corrected chi connectivity index (χ4v) is 16.9. The number of carbonyl (C=O) groups is 1. The SMILES string of the molecule is C[Si](C)(C)O[Si](C)(COC(=O)CCCc1ccc2ccc3cccc4ccc1c2c34)O[Si](C)(C)C. The Balaban J connectivity index is 1.42. The number of ether oxygens (including phenoxy) is 1. The maximum Gasteiger partial charge on any atom is 0.353 e. The van der Waals surface area contributed by atoms with Crippen LogP contribution in [0.4, 0.5) is 0 Å². The summed E-state index contributed by atoms with van der Waals surface area (Å²) in [5, 5.41) is 7.75. The monoisotopic (exact) mass is 522 g/mol. The van der Waals surface area contributed by atoms with Gasteiger partial charge in [-0.15, -0.1) is 0 Å². The average Bonchev–Trinajstić information content (AvgIpc) is 2.74. The van der Waals surface area contributed by atoms with E-state index >= 15 is 0 Å². The Kier molecular flexibility index (Phi) is 7.28. The number of esters is 1. The molecule has 35 heavy (non-hydrogen) atoms. The summed E-state index contributed by atoms with van der Waals surface area (Å²) < 4.78 is 18.6. The zero-order chi connectivity index (χ0) is 25.4. The van der Waals surface area contributed by atoms with E-state index in [1.807, 2.05) is 6.55 Å². The van der Waals surface area contributed by atoms with Crippen LogP contribution >= 0.6 is 0 Å². The van der Waals surface area contributed by atoms with Crippen LogP contribution < -0.4 is 0 Å². The molecule has 0 aromatic heterocycles. The number of rotatable bonds is 10. The third-order valence-corrected chi connectivity index (χ3v) is 15.0. The maximum absolute atomic E-state index is 12.7. The van der Waals surface area contributed by atoms with E-state index in [0.717, 1.165) is 12.8 Å². The topological polar surface area (TPSA) is 44.8 Å². The zero-order valence-corrected chi connectivity index (χ0v) is 25.2. The summed E-state index contributed by atoms with van der Waals surface area (Å²) in [5.41, 5.74) is 1.28. The lowest BCUT2D eigenvalue weighted by Crippen LogP contribution is -2.56. The van der Waals surface area contributed by atoms with Crippen LogP contribution in [0.3, 0.4) is 0 Å². The molecule has 0 aliphatic rings. The van der Waals surface area contributed by atoms with Crippen LogP contribution in [0.1, 0.15) is 18.4 Å². The molecule has 0 spiro atoms. The largest absolute Gasteiger partial charge is 0.464 e. The zero-order valence-electron chi connectivity index (χ0n) is 22.2. The standard InChI is InChI=1S/C28H38O4Si3/c1-33(2,3)31-35(7,32-34(4,5)6)20-30-26(29)13-9-10-21-14-15-24-17-16-22-11-8-12-23-18-19-25(21)28(24)27(22)23/h8,11-12,14-19H,9-10,13,20H2,1-7H3. The van der Waals surface area contributed by atoms with Crippen molar-refractivity contribution < 1.29 is 17.8 Å². The van der Waals surface area contributed by atoms with Crippen LogP contribution in [0, 0.1) is 0 Å². The van der Waals surface area contributed by atoms with Gasteiger partial charge in [0.15, 0.2) is 16.6 Å².